The van der Waals surface area contributed by atoms with Gasteiger partial charge in [-0.1, -0.05) is 5.16 Å². The minimum absolute atomic E-state index is 0.0549. The molecule has 1 atom stereocenters. The van der Waals surface area contributed by atoms with Crippen molar-refractivity contribution in [2.24, 2.45) is 7.05 Å². The van der Waals surface area contributed by atoms with E-state index < -0.39 is 0 Å². The van der Waals surface area contributed by atoms with Crippen LogP contribution in [0.15, 0.2) is 10.7 Å². The third kappa shape index (κ3) is 2.60. The molecule has 2 aromatic rings. The van der Waals surface area contributed by atoms with Gasteiger partial charge in [-0.15, -0.1) is 0 Å². The van der Waals surface area contributed by atoms with Crippen molar-refractivity contribution in [3.8, 4) is 0 Å². The Morgan fingerprint density at radius 3 is 2.75 bits per heavy atom. The Labute approximate surface area is 140 Å². The molecule has 8 heteroatoms. The summed E-state index contributed by atoms with van der Waals surface area (Å²) in [5.74, 6) is 1.73. The van der Waals surface area contributed by atoms with Crippen LogP contribution in [0, 0.1) is 6.92 Å². The van der Waals surface area contributed by atoms with E-state index >= 15 is 0 Å². The highest BCUT2D eigenvalue weighted by Gasteiger charge is 2.36. The van der Waals surface area contributed by atoms with E-state index in [1.165, 1.54) is 0 Å². The van der Waals surface area contributed by atoms with E-state index in [1.807, 2.05) is 23.7 Å². The van der Waals surface area contributed by atoms with Crippen molar-refractivity contribution in [1.29, 1.82) is 0 Å². The van der Waals surface area contributed by atoms with Crippen molar-refractivity contribution in [2.45, 2.75) is 31.7 Å². The summed E-state index contributed by atoms with van der Waals surface area (Å²) >= 11 is 0. The predicted octanol–water partition coefficient (Wildman–Crippen LogP) is 1.12. The number of aryl methyl sites for hydroxylation is 2. The lowest BCUT2D eigenvalue weighted by molar-refractivity contribution is 0.0488. The van der Waals surface area contributed by atoms with E-state index in [2.05, 4.69) is 20.1 Å². The molecule has 0 radical (unpaired) electrons. The number of amides is 1. The van der Waals surface area contributed by atoms with Crippen molar-refractivity contribution in [2.75, 3.05) is 26.7 Å². The van der Waals surface area contributed by atoms with E-state index in [1.54, 1.807) is 13.1 Å². The molecule has 1 saturated carbocycles. The molecule has 24 heavy (non-hydrogen) atoms. The highest BCUT2D eigenvalue weighted by Crippen LogP contribution is 2.41. The van der Waals surface area contributed by atoms with Crippen LogP contribution in [-0.4, -0.2) is 62.3 Å². The van der Waals surface area contributed by atoms with Gasteiger partial charge in [0.05, 0.1) is 17.5 Å². The summed E-state index contributed by atoms with van der Waals surface area (Å²) in [6, 6.07) is -0.0649. The number of rotatable bonds is 3. The normalized spacial score (nSPS) is 22.1. The zero-order valence-corrected chi connectivity index (χ0v) is 14.3. The Balaban J connectivity index is 1.57. The van der Waals surface area contributed by atoms with Crippen LogP contribution in [-0.2, 0) is 7.05 Å². The maximum atomic E-state index is 13.0. The number of hydrogen-bond acceptors (Lipinski definition) is 6. The van der Waals surface area contributed by atoms with Crippen LogP contribution >= 0.6 is 0 Å². The van der Waals surface area contributed by atoms with Crippen LogP contribution in [0.3, 0.4) is 0 Å². The predicted molar refractivity (Wildman–Crippen MR) is 85.5 cm³/mol. The Morgan fingerprint density at radius 1 is 1.29 bits per heavy atom. The van der Waals surface area contributed by atoms with Gasteiger partial charge in [-0.3, -0.25) is 14.4 Å². The fourth-order valence-corrected chi connectivity index (χ4v) is 3.40. The first-order valence-corrected chi connectivity index (χ1v) is 8.36. The molecule has 0 spiro atoms. The maximum Gasteiger partial charge on any atom is 0.257 e. The highest BCUT2D eigenvalue weighted by atomic mass is 16.5. The lowest BCUT2D eigenvalue weighted by atomic mass is 10.1. The van der Waals surface area contributed by atoms with E-state index in [9.17, 15) is 4.79 Å². The molecule has 1 unspecified atom stereocenters. The lowest BCUT2D eigenvalue weighted by Gasteiger charge is -2.37. The summed E-state index contributed by atoms with van der Waals surface area (Å²) < 4.78 is 7.17. The first-order chi connectivity index (χ1) is 11.5. The van der Waals surface area contributed by atoms with Crippen molar-refractivity contribution in [3.63, 3.8) is 0 Å². The summed E-state index contributed by atoms with van der Waals surface area (Å²) in [6.45, 7) is 3.82. The second-order valence-corrected chi connectivity index (χ2v) is 6.77. The molecule has 1 amide bonds. The summed E-state index contributed by atoms with van der Waals surface area (Å²) in [4.78, 5) is 21.4. The number of nitrogens with zero attached hydrogens (tertiary/aromatic N) is 6. The van der Waals surface area contributed by atoms with Crippen LogP contribution < -0.4 is 0 Å². The molecule has 1 saturated heterocycles. The second kappa shape index (κ2) is 5.70. The first kappa shape index (κ1) is 15.3. The van der Waals surface area contributed by atoms with Crippen LogP contribution in [0.1, 0.15) is 52.6 Å². The van der Waals surface area contributed by atoms with Crippen molar-refractivity contribution >= 4 is 5.91 Å². The van der Waals surface area contributed by atoms with Crippen molar-refractivity contribution in [1.82, 2.24) is 29.7 Å². The number of likely N-dealkylation sites (N-methyl/N-ethyl adjacent to an activating group) is 1. The molecule has 0 aromatic carbocycles. The average Bonchev–Trinajstić information content (AvgIpc) is 3.19. The summed E-state index contributed by atoms with van der Waals surface area (Å²) in [6.07, 6.45) is 4.00. The van der Waals surface area contributed by atoms with E-state index in [0.717, 1.165) is 30.6 Å². The molecule has 128 valence electrons. The van der Waals surface area contributed by atoms with Gasteiger partial charge in [-0.2, -0.15) is 10.1 Å². The number of hydrogen-bond donors (Lipinski definition) is 0. The molecule has 2 aliphatic rings. The fraction of sp³-hybridized carbons (Fsp3) is 0.625. The fourth-order valence-electron chi connectivity index (χ4n) is 3.40. The number of piperazine rings is 1. The smallest absolute Gasteiger partial charge is 0.257 e. The quantitative estimate of drug-likeness (QED) is 0.839. The van der Waals surface area contributed by atoms with Gasteiger partial charge in [0.1, 0.15) is 6.04 Å². The topological polar surface area (TPSA) is 80.3 Å². The molecular formula is C16H22N6O2. The Morgan fingerprint density at radius 2 is 2.08 bits per heavy atom. The van der Waals surface area contributed by atoms with Crippen LogP contribution in [0.25, 0.3) is 0 Å². The Kier molecular flexibility index (Phi) is 3.64. The zero-order chi connectivity index (χ0) is 16.8. The standard InChI is InChI=1S/C16H22N6O2/c1-10-18-15(24-19-10)13-9-22(7-6-20(13)2)16(23)12-8-17-21(3)14(12)11-4-5-11/h8,11,13H,4-7,9H2,1-3H3. The molecule has 3 heterocycles. The number of carbonyl (C=O) groups excluding carboxylic acids is 1. The Bertz CT molecular complexity index is 762. The van der Waals surface area contributed by atoms with E-state index in [4.69, 9.17) is 4.52 Å². The molecule has 8 nitrogen and oxygen atoms in total. The number of carbonyl (C=O) groups is 1. The lowest BCUT2D eigenvalue weighted by Crippen LogP contribution is -2.49. The molecule has 0 N–H and O–H groups in total. The van der Waals surface area contributed by atoms with Gasteiger partial charge in [0.25, 0.3) is 5.91 Å². The van der Waals surface area contributed by atoms with Gasteiger partial charge in [0.15, 0.2) is 5.82 Å². The molecular weight excluding hydrogens is 308 g/mol. The molecule has 2 aromatic heterocycles. The molecule has 1 aliphatic carbocycles. The molecule has 0 bridgehead atoms. The van der Waals surface area contributed by atoms with Crippen molar-refractivity contribution < 1.29 is 9.32 Å². The third-order valence-corrected chi connectivity index (χ3v) is 4.94. The third-order valence-electron chi connectivity index (χ3n) is 4.94. The summed E-state index contributed by atoms with van der Waals surface area (Å²) in [7, 11) is 3.93. The van der Waals surface area contributed by atoms with Gasteiger partial charge in [-0.05, 0) is 26.8 Å². The molecule has 2 fully saturated rings. The van der Waals surface area contributed by atoms with E-state index in [0.29, 0.717) is 30.7 Å². The van der Waals surface area contributed by atoms with Gasteiger partial charge < -0.3 is 9.42 Å². The van der Waals surface area contributed by atoms with Gasteiger partial charge in [-0.25, -0.2) is 0 Å². The average molecular weight is 330 g/mol. The highest BCUT2D eigenvalue weighted by molar-refractivity contribution is 5.95. The van der Waals surface area contributed by atoms with Gasteiger partial charge >= 0.3 is 0 Å². The van der Waals surface area contributed by atoms with E-state index in [-0.39, 0.29) is 11.9 Å². The Hall–Kier alpha value is -2.22. The largest absolute Gasteiger partial charge is 0.338 e. The minimum atomic E-state index is -0.0649. The van der Waals surface area contributed by atoms with Crippen LogP contribution in [0.2, 0.25) is 0 Å². The van der Waals surface area contributed by atoms with Crippen molar-refractivity contribution in [3.05, 3.63) is 29.2 Å². The summed E-state index contributed by atoms with van der Waals surface area (Å²) in [5, 5.41) is 8.18. The van der Waals surface area contributed by atoms with Crippen LogP contribution in [0.4, 0.5) is 0 Å². The maximum absolute atomic E-state index is 13.0. The zero-order valence-electron chi connectivity index (χ0n) is 14.3. The minimum Gasteiger partial charge on any atom is -0.338 e. The second-order valence-electron chi connectivity index (χ2n) is 6.77. The van der Waals surface area contributed by atoms with Gasteiger partial charge in [0.2, 0.25) is 5.89 Å². The van der Waals surface area contributed by atoms with Gasteiger partial charge in [0, 0.05) is 32.6 Å². The number of aromatic nitrogens is 4. The first-order valence-electron chi connectivity index (χ1n) is 8.36. The SMILES string of the molecule is Cc1noc(C2CN(C(=O)c3cnn(C)c3C3CC3)CCN2C)n1. The molecule has 4 rings (SSSR count). The van der Waals surface area contributed by atoms with Crippen LogP contribution in [0.5, 0.6) is 0 Å². The monoisotopic (exact) mass is 330 g/mol. The summed E-state index contributed by atoms with van der Waals surface area (Å²) in [5.41, 5.74) is 1.81. The molecule has 1 aliphatic heterocycles.